The third-order valence-electron chi connectivity index (χ3n) is 4.04. The molecular weight excluding hydrogens is 350 g/mol. The third kappa shape index (κ3) is 4.82. The Kier molecular flexibility index (Phi) is 6.37. The van der Waals surface area contributed by atoms with Crippen molar-refractivity contribution in [3.63, 3.8) is 0 Å². The Balaban J connectivity index is 2.33. The molecule has 1 atom stereocenters. The minimum atomic E-state index is -3.96. The first-order chi connectivity index (χ1) is 12.3. The summed E-state index contributed by atoms with van der Waals surface area (Å²) in [6.45, 7) is 1.62. The van der Waals surface area contributed by atoms with Gasteiger partial charge in [0.15, 0.2) is 4.91 Å². The highest BCUT2D eigenvalue weighted by Gasteiger charge is 2.18. The van der Waals surface area contributed by atoms with E-state index < -0.39 is 16.1 Å². The molecule has 0 aliphatic heterocycles. The van der Waals surface area contributed by atoms with Gasteiger partial charge in [-0.05, 0) is 47.0 Å². The minimum Gasteiger partial charge on any atom is -0.392 e. The molecule has 2 rings (SSSR count). The van der Waals surface area contributed by atoms with Crippen molar-refractivity contribution in [2.45, 2.75) is 19.4 Å². The summed E-state index contributed by atoms with van der Waals surface area (Å²) >= 11 is 0. The molecule has 0 aliphatic rings. The van der Waals surface area contributed by atoms with E-state index in [1.165, 1.54) is 6.08 Å². The zero-order valence-corrected chi connectivity index (χ0v) is 15.9. The standard InChI is InChI=1S/C19H23N3O3S/c1-4-18(23)13-21-26(24,25)19(12-20)10-14-5-6-16-11-17(22(2)3)8-7-15(16)9-14/h5-11,18,21,23H,4,13H2,1-3H3/b19-10+. The normalized spacial score (nSPS) is 13.4. The second-order valence-electron chi connectivity index (χ2n) is 6.22. The maximum Gasteiger partial charge on any atom is 0.250 e. The highest BCUT2D eigenvalue weighted by atomic mass is 32.2. The predicted octanol–water partition coefficient (Wildman–Crippen LogP) is 2.46. The van der Waals surface area contributed by atoms with Crippen LogP contribution < -0.4 is 9.62 Å². The topological polar surface area (TPSA) is 93.4 Å². The molecule has 1 unspecified atom stereocenters. The Morgan fingerprint density at radius 2 is 1.92 bits per heavy atom. The van der Waals surface area contributed by atoms with E-state index in [0.717, 1.165) is 16.5 Å². The number of hydrogen-bond acceptors (Lipinski definition) is 5. The molecule has 0 aromatic heterocycles. The molecule has 0 amide bonds. The van der Waals surface area contributed by atoms with E-state index in [2.05, 4.69) is 4.72 Å². The lowest BCUT2D eigenvalue weighted by molar-refractivity contribution is 0.174. The average molecular weight is 373 g/mol. The molecule has 6 nitrogen and oxygen atoms in total. The third-order valence-corrected chi connectivity index (χ3v) is 5.38. The van der Waals surface area contributed by atoms with Gasteiger partial charge in [-0.25, -0.2) is 13.1 Å². The lowest BCUT2D eigenvalue weighted by atomic mass is 10.1. The number of nitrogens with zero attached hydrogens (tertiary/aromatic N) is 2. The van der Waals surface area contributed by atoms with Crippen LogP contribution in [-0.2, 0) is 10.0 Å². The van der Waals surface area contributed by atoms with Gasteiger partial charge in [-0.1, -0.05) is 25.1 Å². The van der Waals surface area contributed by atoms with Gasteiger partial charge in [0.25, 0.3) is 10.0 Å². The second-order valence-corrected chi connectivity index (χ2v) is 7.96. The summed E-state index contributed by atoms with van der Waals surface area (Å²) in [4.78, 5) is 1.62. The van der Waals surface area contributed by atoms with Crippen molar-refractivity contribution in [3.8, 4) is 6.07 Å². The number of rotatable bonds is 7. The van der Waals surface area contributed by atoms with Crippen molar-refractivity contribution in [1.29, 1.82) is 5.26 Å². The van der Waals surface area contributed by atoms with Gasteiger partial charge in [-0.2, -0.15) is 5.26 Å². The molecule has 2 N–H and O–H groups in total. The number of aliphatic hydroxyl groups is 1. The Hall–Kier alpha value is -2.40. The fourth-order valence-corrected chi connectivity index (χ4v) is 3.35. The average Bonchev–Trinajstić information content (AvgIpc) is 2.63. The van der Waals surface area contributed by atoms with Crippen LogP contribution in [0.2, 0.25) is 0 Å². The van der Waals surface area contributed by atoms with E-state index in [-0.39, 0.29) is 11.4 Å². The molecule has 7 heteroatoms. The van der Waals surface area contributed by atoms with E-state index in [0.29, 0.717) is 12.0 Å². The molecule has 26 heavy (non-hydrogen) atoms. The van der Waals surface area contributed by atoms with Crippen molar-refractivity contribution in [2.24, 2.45) is 0 Å². The van der Waals surface area contributed by atoms with E-state index in [1.54, 1.807) is 19.1 Å². The number of nitrogens with one attached hydrogen (secondary N) is 1. The van der Waals surface area contributed by atoms with Gasteiger partial charge < -0.3 is 10.0 Å². The fraction of sp³-hybridized carbons (Fsp3) is 0.316. The number of fused-ring (bicyclic) bond motifs is 1. The Morgan fingerprint density at radius 3 is 2.54 bits per heavy atom. The molecule has 0 saturated carbocycles. The van der Waals surface area contributed by atoms with Crippen LogP contribution in [0.25, 0.3) is 16.8 Å². The van der Waals surface area contributed by atoms with E-state index in [9.17, 15) is 18.8 Å². The maximum atomic E-state index is 12.3. The van der Waals surface area contributed by atoms with Crippen molar-refractivity contribution in [3.05, 3.63) is 46.9 Å². The summed E-state index contributed by atoms with van der Waals surface area (Å²) in [6, 6.07) is 13.2. The first kappa shape index (κ1) is 19.9. The molecule has 0 spiro atoms. The van der Waals surface area contributed by atoms with Gasteiger partial charge >= 0.3 is 0 Å². The smallest absolute Gasteiger partial charge is 0.250 e. The second kappa shape index (κ2) is 8.32. The van der Waals surface area contributed by atoms with Crippen LogP contribution in [0.4, 0.5) is 5.69 Å². The zero-order chi connectivity index (χ0) is 19.3. The first-order valence-corrected chi connectivity index (χ1v) is 9.76. The predicted molar refractivity (Wildman–Crippen MR) is 105 cm³/mol. The summed E-state index contributed by atoms with van der Waals surface area (Å²) in [5.74, 6) is 0. The summed E-state index contributed by atoms with van der Waals surface area (Å²) in [6.07, 6.45) is 0.976. The van der Waals surface area contributed by atoms with Gasteiger partial charge in [-0.15, -0.1) is 0 Å². The summed E-state index contributed by atoms with van der Waals surface area (Å²) in [5.41, 5.74) is 1.69. The Morgan fingerprint density at radius 1 is 1.27 bits per heavy atom. The molecule has 0 heterocycles. The number of allylic oxidation sites excluding steroid dienone is 1. The summed E-state index contributed by atoms with van der Waals surface area (Å²) < 4.78 is 26.8. The van der Waals surface area contributed by atoms with Crippen molar-refractivity contribution in [1.82, 2.24) is 4.72 Å². The van der Waals surface area contributed by atoms with Crippen LogP contribution >= 0.6 is 0 Å². The van der Waals surface area contributed by atoms with Gasteiger partial charge in [0, 0.05) is 26.3 Å². The van der Waals surface area contributed by atoms with E-state index >= 15 is 0 Å². The monoisotopic (exact) mass is 373 g/mol. The van der Waals surface area contributed by atoms with Crippen molar-refractivity contribution < 1.29 is 13.5 Å². The number of aliphatic hydroxyl groups excluding tert-OH is 1. The number of benzene rings is 2. The molecular formula is C19H23N3O3S. The first-order valence-electron chi connectivity index (χ1n) is 8.27. The molecule has 2 aromatic carbocycles. The number of anilines is 1. The molecule has 0 aliphatic carbocycles. The molecule has 0 radical (unpaired) electrons. The molecule has 0 fully saturated rings. The van der Waals surface area contributed by atoms with Crippen LogP contribution in [0, 0.1) is 11.3 Å². The quantitative estimate of drug-likeness (QED) is 0.727. The van der Waals surface area contributed by atoms with E-state index in [1.807, 2.05) is 49.3 Å². The SMILES string of the molecule is CCC(O)CNS(=O)(=O)/C(C#N)=C/c1ccc2cc(N(C)C)ccc2c1. The molecule has 0 bridgehead atoms. The Labute approximate surface area is 154 Å². The van der Waals surface area contributed by atoms with Gasteiger partial charge in [0.05, 0.1) is 6.10 Å². The van der Waals surface area contributed by atoms with Gasteiger partial charge in [0.1, 0.15) is 6.07 Å². The Bertz CT molecular complexity index is 960. The lowest BCUT2D eigenvalue weighted by Crippen LogP contribution is -2.32. The molecule has 0 saturated heterocycles. The summed E-state index contributed by atoms with van der Waals surface area (Å²) in [7, 11) is -0.0375. The minimum absolute atomic E-state index is 0.122. The molecule has 138 valence electrons. The number of nitriles is 1. The van der Waals surface area contributed by atoms with E-state index in [4.69, 9.17) is 0 Å². The lowest BCUT2D eigenvalue weighted by Gasteiger charge is -2.13. The maximum absolute atomic E-state index is 12.3. The molecule has 2 aromatic rings. The van der Waals surface area contributed by atoms with Crippen LogP contribution in [0.5, 0.6) is 0 Å². The largest absolute Gasteiger partial charge is 0.392 e. The fourth-order valence-electron chi connectivity index (χ4n) is 2.37. The highest BCUT2D eigenvalue weighted by Crippen LogP contribution is 2.23. The van der Waals surface area contributed by atoms with Crippen molar-refractivity contribution in [2.75, 3.05) is 25.5 Å². The van der Waals surface area contributed by atoms with Crippen LogP contribution in [0.3, 0.4) is 0 Å². The van der Waals surface area contributed by atoms with Crippen LogP contribution in [0.1, 0.15) is 18.9 Å². The van der Waals surface area contributed by atoms with Crippen LogP contribution in [-0.4, -0.2) is 40.3 Å². The number of hydrogen-bond donors (Lipinski definition) is 2. The van der Waals surface area contributed by atoms with Crippen molar-refractivity contribution >= 4 is 32.6 Å². The zero-order valence-electron chi connectivity index (χ0n) is 15.1. The summed E-state index contributed by atoms with van der Waals surface area (Å²) in [5, 5.41) is 20.7. The number of sulfonamides is 1. The van der Waals surface area contributed by atoms with Gasteiger partial charge in [-0.3, -0.25) is 0 Å². The van der Waals surface area contributed by atoms with Crippen LogP contribution in [0.15, 0.2) is 41.3 Å². The van der Waals surface area contributed by atoms with Gasteiger partial charge in [0.2, 0.25) is 0 Å². The highest BCUT2D eigenvalue weighted by molar-refractivity contribution is 7.93.